The van der Waals surface area contributed by atoms with Crippen molar-refractivity contribution in [3.63, 3.8) is 0 Å². The van der Waals surface area contributed by atoms with Gasteiger partial charge in [0.1, 0.15) is 17.1 Å². The highest BCUT2D eigenvalue weighted by molar-refractivity contribution is 5.36. The fourth-order valence-corrected chi connectivity index (χ4v) is 1.88. The van der Waals surface area contributed by atoms with Crippen LogP contribution < -0.4 is 10.9 Å². The first-order valence-electron chi connectivity index (χ1n) is 6.94. The Hall–Kier alpha value is -2.28. The third kappa shape index (κ3) is 3.30. The van der Waals surface area contributed by atoms with Crippen LogP contribution >= 0.6 is 0 Å². The molecule has 0 saturated carbocycles. The van der Waals surface area contributed by atoms with Gasteiger partial charge in [0, 0.05) is 18.7 Å². The van der Waals surface area contributed by atoms with Gasteiger partial charge in [0.15, 0.2) is 11.6 Å². The van der Waals surface area contributed by atoms with Crippen molar-refractivity contribution in [2.24, 2.45) is 0 Å². The van der Waals surface area contributed by atoms with Crippen molar-refractivity contribution in [3.8, 4) is 11.4 Å². The molecule has 118 valence electrons. The number of hydrogen-bond donors (Lipinski definition) is 2. The number of benzene rings is 1. The first-order chi connectivity index (χ1) is 10.4. The van der Waals surface area contributed by atoms with Crippen LogP contribution in [-0.2, 0) is 6.54 Å². The molecule has 0 fully saturated rings. The first kappa shape index (κ1) is 16.1. The maximum Gasteiger partial charge on any atom is 0.275 e. The number of halogens is 2. The van der Waals surface area contributed by atoms with E-state index in [1.165, 1.54) is 6.07 Å². The van der Waals surface area contributed by atoms with E-state index in [-0.39, 0.29) is 24.0 Å². The van der Waals surface area contributed by atoms with Crippen LogP contribution in [0.2, 0.25) is 0 Å². The van der Waals surface area contributed by atoms with Crippen LogP contribution in [0.4, 0.5) is 8.78 Å². The standard InChI is InChI=1S/C15H17F2N3O2/c1-3-9(2)18-8-12-13(21)7-14(22)20(19-12)15-10(16)5-4-6-11(15)17/h4-7,9,18,21H,3,8H2,1-2H3. The molecule has 2 rings (SSSR count). The Labute approximate surface area is 126 Å². The van der Waals surface area contributed by atoms with Crippen molar-refractivity contribution in [1.82, 2.24) is 15.1 Å². The molecule has 0 aliphatic heterocycles. The average molecular weight is 309 g/mol. The Bertz CT molecular complexity index is 711. The van der Waals surface area contributed by atoms with E-state index >= 15 is 0 Å². The summed E-state index contributed by atoms with van der Waals surface area (Å²) in [5.41, 5.74) is -1.23. The van der Waals surface area contributed by atoms with Gasteiger partial charge in [-0.3, -0.25) is 4.79 Å². The molecule has 0 aliphatic carbocycles. The molecule has 0 bridgehead atoms. The Balaban J connectivity index is 2.47. The maximum absolute atomic E-state index is 13.8. The summed E-state index contributed by atoms with van der Waals surface area (Å²) >= 11 is 0. The van der Waals surface area contributed by atoms with Crippen molar-refractivity contribution in [1.29, 1.82) is 0 Å². The molecule has 5 nitrogen and oxygen atoms in total. The average Bonchev–Trinajstić information content (AvgIpc) is 2.47. The molecule has 1 aromatic carbocycles. The van der Waals surface area contributed by atoms with Gasteiger partial charge in [-0.2, -0.15) is 9.78 Å². The molecule has 2 aromatic rings. The fourth-order valence-electron chi connectivity index (χ4n) is 1.88. The Kier molecular flexibility index (Phi) is 4.87. The van der Waals surface area contributed by atoms with Crippen LogP contribution in [0, 0.1) is 11.6 Å². The molecule has 0 saturated heterocycles. The number of hydrogen-bond acceptors (Lipinski definition) is 4. The summed E-state index contributed by atoms with van der Waals surface area (Å²) in [4.78, 5) is 11.9. The molecule has 1 atom stereocenters. The van der Waals surface area contributed by atoms with Gasteiger partial charge in [0.2, 0.25) is 0 Å². The van der Waals surface area contributed by atoms with Gasteiger partial charge in [0.25, 0.3) is 5.56 Å². The van der Waals surface area contributed by atoms with Crippen molar-refractivity contribution >= 4 is 0 Å². The fraction of sp³-hybridized carbons (Fsp3) is 0.333. The summed E-state index contributed by atoms with van der Waals surface area (Å²) in [6.45, 7) is 4.11. The van der Waals surface area contributed by atoms with Gasteiger partial charge in [0.05, 0.1) is 0 Å². The van der Waals surface area contributed by atoms with Crippen LogP contribution in [0.1, 0.15) is 26.0 Å². The molecule has 0 radical (unpaired) electrons. The zero-order chi connectivity index (χ0) is 16.3. The summed E-state index contributed by atoms with van der Waals surface area (Å²) in [7, 11) is 0. The minimum atomic E-state index is -0.902. The Morgan fingerprint density at radius 3 is 2.59 bits per heavy atom. The summed E-state index contributed by atoms with van der Waals surface area (Å²) in [5.74, 6) is -2.11. The third-order valence-corrected chi connectivity index (χ3v) is 3.37. The van der Waals surface area contributed by atoms with Crippen LogP contribution in [0.5, 0.6) is 5.75 Å². The molecule has 22 heavy (non-hydrogen) atoms. The minimum Gasteiger partial charge on any atom is -0.506 e. The molecular weight excluding hydrogens is 292 g/mol. The van der Waals surface area contributed by atoms with Crippen LogP contribution in [0.25, 0.3) is 5.69 Å². The molecule has 1 heterocycles. The zero-order valence-corrected chi connectivity index (χ0v) is 12.3. The highest BCUT2D eigenvalue weighted by Crippen LogP contribution is 2.17. The number of nitrogens with one attached hydrogen (secondary N) is 1. The molecule has 1 unspecified atom stereocenters. The number of aromatic nitrogens is 2. The normalized spacial score (nSPS) is 12.4. The van der Waals surface area contributed by atoms with E-state index in [4.69, 9.17) is 0 Å². The lowest BCUT2D eigenvalue weighted by Gasteiger charge is -2.13. The molecule has 1 aromatic heterocycles. The predicted octanol–water partition coefficient (Wildman–Crippen LogP) is 2.10. The summed E-state index contributed by atoms with van der Waals surface area (Å²) in [6.07, 6.45) is 0.863. The lowest BCUT2D eigenvalue weighted by molar-refractivity contribution is 0.440. The first-order valence-corrected chi connectivity index (χ1v) is 6.94. The van der Waals surface area contributed by atoms with Gasteiger partial charge >= 0.3 is 0 Å². The van der Waals surface area contributed by atoms with Gasteiger partial charge < -0.3 is 10.4 Å². The van der Waals surface area contributed by atoms with E-state index in [0.717, 1.165) is 24.6 Å². The second-order valence-corrected chi connectivity index (χ2v) is 4.99. The zero-order valence-electron chi connectivity index (χ0n) is 12.3. The molecule has 0 spiro atoms. The van der Waals surface area contributed by atoms with Crippen molar-refractivity contribution < 1.29 is 13.9 Å². The number of rotatable bonds is 5. The smallest absolute Gasteiger partial charge is 0.275 e. The molecule has 0 aliphatic rings. The SMILES string of the molecule is CCC(C)NCc1nn(-c2c(F)cccc2F)c(=O)cc1O. The van der Waals surface area contributed by atoms with Crippen molar-refractivity contribution in [2.45, 2.75) is 32.9 Å². The minimum absolute atomic E-state index is 0.141. The van der Waals surface area contributed by atoms with Gasteiger partial charge in [-0.1, -0.05) is 13.0 Å². The van der Waals surface area contributed by atoms with E-state index in [9.17, 15) is 18.7 Å². The highest BCUT2D eigenvalue weighted by atomic mass is 19.1. The molecule has 7 heteroatoms. The predicted molar refractivity (Wildman–Crippen MR) is 78.0 cm³/mol. The maximum atomic E-state index is 13.8. The second kappa shape index (κ2) is 6.65. The molecular formula is C15H17F2N3O2. The Morgan fingerprint density at radius 2 is 2.00 bits per heavy atom. The van der Waals surface area contributed by atoms with Crippen LogP contribution in [-0.4, -0.2) is 20.9 Å². The molecule has 0 amide bonds. The number of para-hydroxylation sites is 1. The van der Waals surface area contributed by atoms with E-state index in [2.05, 4.69) is 10.4 Å². The van der Waals surface area contributed by atoms with Crippen LogP contribution in [0.3, 0.4) is 0 Å². The lowest BCUT2D eigenvalue weighted by Crippen LogP contribution is -2.28. The monoisotopic (exact) mass is 309 g/mol. The summed E-state index contributed by atoms with van der Waals surface area (Å²) in [5, 5.41) is 16.8. The van der Waals surface area contributed by atoms with Crippen LogP contribution in [0.15, 0.2) is 29.1 Å². The summed E-state index contributed by atoms with van der Waals surface area (Å²) in [6, 6.07) is 4.34. The third-order valence-electron chi connectivity index (χ3n) is 3.37. The van der Waals surface area contributed by atoms with E-state index < -0.39 is 22.9 Å². The Morgan fingerprint density at radius 1 is 1.36 bits per heavy atom. The van der Waals surface area contributed by atoms with Crippen molar-refractivity contribution in [3.05, 3.63) is 51.9 Å². The topological polar surface area (TPSA) is 67.2 Å². The quantitative estimate of drug-likeness (QED) is 0.887. The van der Waals surface area contributed by atoms with E-state index in [0.29, 0.717) is 4.68 Å². The van der Waals surface area contributed by atoms with Gasteiger partial charge in [-0.15, -0.1) is 0 Å². The molecule has 2 N–H and O–H groups in total. The number of nitrogens with zero attached hydrogens (tertiary/aromatic N) is 2. The second-order valence-electron chi connectivity index (χ2n) is 4.99. The summed E-state index contributed by atoms with van der Waals surface area (Å²) < 4.78 is 28.2. The van der Waals surface area contributed by atoms with Gasteiger partial charge in [-0.25, -0.2) is 8.78 Å². The highest BCUT2D eigenvalue weighted by Gasteiger charge is 2.16. The number of aromatic hydroxyl groups is 1. The lowest BCUT2D eigenvalue weighted by atomic mass is 10.2. The van der Waals surface area contributed by atoms with Gasteiger partial charge in [-0.05, 0) is 25.5 Å². The van der Waals surface area contributed by atoms with E-state index in [1.807, 2.05) is 13.8 Å². The largest absolute Gasteiger partial charge is 0.506 e. The van der Waals surface area contributed by atoms with Crippen molar-refractivity contribution in [2.75, 3.05) is 0 Å². The van der Waals surface area contributed by atoms with E-state index in [1.54, 1.807) is 0 Å².